The molecule has 0 amide bonds. The molecule has 3 aromatic rings. The number of nitrogens with two attached hydrogens (primary N) is 1. The summed E-state index contributed by atoms with van der Waals surface area (Å²) in [5.74, 6) is 1.75. The predicted octanol–water partition coefficient (Wildman–Crippen LogP) is 3.36. The molecule has 0 bridgehead atoms. The van der Waals surface area contributed by atoms with E-state index >= 15 is 0 Å². The van der Waals surface area contributed by atoms with Crippen molar-refractivity contribution in [1.82, 2.24) is 15.0 Å². The molecule has 0 aliphatic carbocycles. The Morgan fingerprint density at radius 3 is 2.80 bits per heavy atom. The van der Waals surface area contributed by atoms with Crippen LogP contribution < -0.4 is 10.5 Å². The van der Waals surface area contributed by atoms with Crippen LogP contribution in [0.4, 0.5) is 5.82 Å². The van der Waals surface area contributed by atoms with E-state index in [2.05, 4.69) is 15.0 Å². The van der Waals surface area contributed by atoms with Crippen LogP contribution in [0, 0.1) is 6.92 Å². The normalized spacial score (nSPS) is 10.7. The van der Waals surface area contributed by atoms with Crippen LogP contribution in [0.3, 0.4) is 0 Å². The highest BCUT2D eigenvalue weighted by atomic mass is 35.5. The molecule has 5 nitrogen and oxygen atoms in total. The number of aryl methyl sites for hydroxylation is 1. The number of hydrogen-bond acceptors (Lipinski definition) is 5. The second-order valence-corrected chi connectivity index (χ2v) is 4.64. The molecule has 0 fully saturated rings. The fourth-order valence-electron chi connectivity index (χ4n) is 1.88. The van der Waals surface area contributed by atoms with Crippen molar-refractivity contribution < 1.29 is 4.74 Å². The van der Waals surface area contributed by atoms with Crippen molar-refractivity contribution in [2.24, 2.45) is 0 Å². The number of anilines is 1. The van der Waals surface area contributed by atoms with Gasteiger partial charge < -0.3 is 10.5 Å². The van der Waals surface area contributed by atoms with E-state index in [0.717, 1.165) is 11.1 Å². The summed E-state index contributed by atoms with van der Waals surface area (Å²) < 4.78 is 5.89. The molecule has 100 valence electrons. The fourth-order valence-corrected chi connectivity index (χ4v) is 2.04. The zero-order valence-electron chi connectivity index (χ0n) is 10.7. The van der Waals surface area contributed by atoms with Crippen LogP contribution in [-0.4, -0.2) is 15.0 Å². The van der Waals surface area contributed by atoms with Gasteiger partial charge in [-0.15, -0.1) is 0 Å². The molecule has 0 saturated heterocycles. The molecular formula is C14H11ClN4O. The van der Waals surface area contributed by atoms with E-state index in [9.17, 15) is 0 Å². The average molecular weight is 287 g/mol. The van der Waals surface area contributed by atoms with Gasteiger partial charge in [0, 0.05) is 11.6 Å². The number of pyridine rings is 3. The maximum Gasteiger partial charge on any atom is 0.148 e. The molecule has 0 atom stereocenters. The molecule has 0 unspecified atom stereocenters. The van der Waals surface area contributed by atoms with Crippen LogP contribution in [0.2, 0.25) is 5.15 Å². The van der Waals surface area contributed by atoms with Crippen LogP contribution >= 0.6 is 11.6 Å². The third-order valence-electron chi connectivity index (χ3n) is 2.83. The molecule has 0 aromatic carbocycles. The topological polar surface area (TPSA) is 73.9 Å². The third kappa shape index (κ3) is 2.35. The first kappa shape index (κ1) is 12.6. The van der Waals surface area contributed by atoms with Crippen LogP contribution in [0.25, 0.3) is 10.9 Å². The van der Waals surface area contributed by atoms with Crippen molar-refractivity contribution in [3.8, 4) is 11.5 Å². The summed E-state index contributed by atoms with van der Waals surface area (Å²) in [4.78, 5) is 12.4. The lowest BCUT2D eigenvalue weighted by atomic mass is 10.2. The number of fused-ring (bicyclic) bond motifs is 1. The first-order valence-electron chi connectivity index (χ1n) is 5.95. The molecule has 0 aliphatic heterocycles. The van der Waals surface area contributed by atoms with Crippen LogP contribution in [0.1, 0.15) is 5.69 Å². The Morgan fingerprint density at radius 2 is 2.00 bits per heavy atom. The van der Waals surface area contributed by atoms with Crippen molar-refractivity contribution in [3.05, 3.63) is 47.5 Å². The SMILES string of the molecule is Cc1nc(N)ccc1Oc1ccnc2cnc(Cl)cc12. The van der Waals surface area contributed by atoms with Crippen molar-refractivity contribution in [3.63, 3.8) is 0 Å². The number of hydrogen-bond donors (Lipinski definition) is 1. The van der Waals surface area contributed by atoms with Gasteiger partial charge in [-0.05, 0) is 31.2 Å². The quantitative estimate of drug-likeness (QED) is 0.731. The minimum Gasteiger partial charge on any atom is -0.455 e. The van der Waals surface area contributed by atoms with Gasteiger partial charge in [0.1, 0.15) is 22.5 Å². The first-order valence-corrected chi connectivity index (χ1v) is 6.32. The highest BCUT2D eigenvalue weighted by Gasteiger charge is 2.08. The Labute approximate surface area is 120 Å². The van der Waals surface area contributed by atoms with Gasteiger partial charge in [0.25, 0.3) is 0 Å². The summed E-state index contributed by atoms with van der Waals surface area (Å²) >= 11 is 5.92. The number of ether oxygens (including phenoxy) is 1. The minimum atomic E-state index is 0.391. The van der Waals surface area contributed by atoms with E-state index in [1.54, 1.807) is 36.7 Å². The largest absolute Gasteiger partial charge is 0.455 e. The van der Waals surface area contributed by atoms with Gasteiger partial charge in [-0.2, -0.15) is 0 Å². The zero-order chi connectivity index (χ0) is 14.1. The molecule has 2 N–H and O–H groups in total. The summed E-state index contributed by atoms with van der Waals surface area (Å²) in [5.41, 5.74) is 7.06. The lowest BCUT2D eigenvalue weighted by molar-refractivity contribution is 0.481. The maximum atomic E-state index is 5.92. The van der Waals surface area contributed by atoms with Crippen LogP contribution in [0.15, 0.2) is 36.7 Å². The van der Waals surface area contributed by atoms with Gasteiger partial charge >= 0.3 is 0 Å². The fraction of sp³-hybridized carbons (Fsp3) is 0.0714. The number of rotatable bonds is 2. The summed E-state index contributed by atoms with van der Waals surface area (Å²) in [6.07, 6.45) is 3.27. The Bertz CT molecular complexity index is 791. The van der Waals surface area contributed by atoms with Crippen molar-refractivity contribution in [2.75, 3.05) is 5.73 Å². The van der Waals surface area contributed by atoms with Gasteiger partial charge in [0.05, 0.1) is 17.4 Å². The molecular weight excluding hydrogens is 276 g/mol. The third-order valence-corrected chi connectivity index (χ3v) is 3.04. The van der Waals surface area contributed by atoms with E-state index < -0.39 is 0 Å². The molecule has 20 heavy (non-hydrogen) atoms. The monoisotopic (exact) mass is 286 g/mol. The molecule has 0 aliphatic rings. The number of nitrogen functional groups attached to an aromatic ring is 1. The van der Waals surface area contributed by atoms with E-state index in [-0.39, 0.29) is 0 Å². The Balaban J connectivity index is 2.08. The lowest BCUT2D eigenvalue weighted by Crippen LogP contribution is -1.96. The predicted molar refractivity (Wildman–Crippen MR) is 78.0 cm³/mol. The second-order valence-electron chi connectivity index (χ2n) is 4.25. The van der Waals surface area contributed by atoms with Gasteiger partial charge in [-0.3, -0.25) is 4.98 Å². The molecule has 0 radical (unpaired) electrons. The molecule has 3 aromatic heterocycles. The highest BCUT2D eigenvalue weighted by molar-refractivity contribution is 6.30. The van der Waals surface area contributed by atoms with Crippen molar-refractivity contribution in [2.45, 2.75) is 6.92 Å². The molecule has 3 rings (SSSR count). The van der Waals surface area contributed by atoms with E-state index in [0.29, 0.717) is 28.0 Å². The molecule has 0 saturated carbocycles. The smallest absolute Gasteiger partial charge is 0.148 e. The molecule has 6 heteroatoms. The maximum absolute atomic E-state index is 5.92. The number of halogens is 1. The number of aromatic nitrogens is 3. The van der Waals surface area contributed by atoms with Gasteiger partial charge in [-0.1, -0.05) is 11.6 Å². The summed E-state index contributed by atoms with van der Waals surface area (Å²) in [6.45, 7) is 1.84. The van der Waals surface area contributed by atoms with E-state index in [4.69, 9.17) is 22.1 Å². The number of nitrogens with zero attached hydrogens (tertiary/aromatic N) is 3. The summed E-state index contributed by atoms with van der Waals surface area (Å²) in [5, 5.41) is 1.19. The lowest BCUT2D eigenvalue weighted by Gasteiger charge is -2.10. The Morgan fingerprint density at radius 1 is 1.15 bits per heavy atom. The Kier molecular flexibility index (Phi) is 3.12. The summed E-state index contributed by atoms with van der Waals surface area (Å²) in [7, 11) is 0. The first-order chi connectivity index (χ1) is 9.63. The standard InChI is InChI=1S/C14H11ClN4O/c1-8-11(2-3-14(16)19-8)20-12-4-5-17-10-7-18-13(15)6-9(10)12/h2-7H,1H3,(H2,16,19). The van der Waals surface area contributed by atoms with Gasteiger partial charge in [-0.25, -0.2) is 9.97 Å². The highest BCUT2D eigenvalue weighted by Crippen LogP contribution is 2.31. The van der Waals surface area contributed by atoms with Crippen molar-refractivity contribution in [1.29, 1.82) is 0 Å². The molecule has 0 spiro atoms. The summed E-state index contributed by atoms with van der Waals surface area (Å²) in [6, 6.07) is 6.97. The second kappa shape index (κ2) is 4.94. The van der Waals surface area contributed by atoms with Crippen LogP contribution in [-0.2, 0) is 0 Å². The van der Waals surface area contributed by atoms with Crippen LogP contribution in [0.5, 0.6) is 11.5 Å². The van der Waals surface area contributed by atoms with E-state index in [1.807, 2.05) is 6.92 Å². The van der Waals surface area contributed by atoms with Crippen molar-refractivity contribution >= 4 is 28.3 Å². The average Bonchev–Trinajstić information content (AvgIpc) is 2.42. The van der Waals surface area contributed by atoms with Gasteiger partial charge in [0.2, 0.25) is 0 Å². The molecule has 3 heterocycles. The zero-order valence-corrected chi connectivity index (χ0v) is 11.4. The minimum absolute atomic E-state index is 0.391. The van der Waals surface area contributed by atoms with Gasteiger partial charge in [0.15, 0.2) is 0 Å². The Hall–Kier alpha value is -2.40. The van der Waals surface area contributed by atoms with E-state index in [1.165, 1.54) is 0 Å².